The van der Waals surface area contributed by atoms with E-state index in [1.165, 1.54) is 0 Å². The van der Waals surface area contributed by atoms with Crippen molar-refractivity contribution in [2.45, 2.75) is 8.42 Å². The Kier molecular flexibility index (Phi) is 8.11. The molecular weight excluding hydrogens is 449 g/mol. The summed E-state index contributed by atoms with van der Waals surface area (Å²) in [5.74, 6) is 1.07. The number of thioether (sulfide) groups is 2. The number of hydrogen-bond acceptors (Lipinski definition) is 9. The first-order valence-corrected chi connectivity index (χ1v) is 12.1. The van der Waals surface area contributed by atoms with Gasteiger partial charge >= 0.3 is 0 Å². The quantitative estimate of drug-likeness (QED) is 0.131. The molecule has 1 aromatic heterocycles. The second kappa shape index (κ2) is 10.8. The van der Waals surface area contributed by atoms with Gasteiger partial charge in [-0.05, 0) is 0 Å². The van der Waals surface area contributed by atoms with Gasteiger partial charge in [0.15, 0.2) is 0 Å². The summed E-state index contributed by atoms with van der Waals surface area (Å²) in [5, 5.41) is 25.7. The van der Waals surface area contributed by atoms with E-state index in [1.807, 2.05) is 60.7 Å². The number of oxime groups is 2. The fourth-order valence-corrected chi connectivity index (χ4v) is 8.32. The third-order valence-corrected chi connectivity index (χ3v) is 9.26. The molecule has 0 atom stereocenters. The van der Waals surface area contributed by atoms with Crippen LogP contribution in [0.1, 0.15) is 11.1 Å². The van der Waals surface area contributed by atoms with Gasteiger partial charge in [-0.3, -0.25) is 0 Å². The van der Waals surface area contributed by atoms with Gasteiger partial charge in [-0.1, -0.05) is 83.2 Å². The maximum atomic E-state index is 9.38. The van der Waals surface area contributed by atoms with Crippen molar-refractivity contribution in [3.05, 3.63) is 74.9 Å². The van der Waals surface area contributed by atoms with E-state index >= 15 is 0 Å². The normalized spacial score (nSPS) is 12.3. The van der Waals surface area contributed by atoms with Crippen LogP contribution in [-0.4, -0.2) is 33.3 Å². The van der Waals surface area contributed by atoms with Crippen molar-refractivity contribution in [1.82, 2.24) is 0 Å². The molecule has 144 valence electrons. The second-order valence-electron chi connectivity index (χ2n) is 5.43. The van der Waals surface area contributed by atoms with Gasteiger partial charge in [0.05, 0.1) is 19.8 Å². The molecule has 0 fully saturated rings. The molecule has 9 heteroatoms. The van der Waals surface area contributed by atoms with E-state index in [9.17, 15) is 10.4 Å². The van der Waals surface area contributed by atoms with Crippen molar-refractivity contribution in [3.63, 3.8) is 0 Å². The fraction of sp³-hybridized carbons (Fsp3) is 0.105. The average Bonchev–Trinajstić information content (AvgIpc) is 3.10. The fourth-order valence-electron chi connectivity index (χ4n) is 2.30. The van der Waals surface area contributed by atoms with E-state index < -0.39 is 0 Å². The van der Waals surface area contributed by atoms with Gasteiger partial charge in [0.25, 0.3) is 0 Å². The molecule has 4 nitrogen and oxygen atoms in total. The molecule has 0 radical (unpaired) electrons. The first-order valence-electron chi connectivity index (χ1n) is 8.13. The van der Waals surface area contributed by atoms with Crippen LogP contribution in [0.2, 0.25) is 0 Å². The summed E-state index contributed by atoms with van der Waals surface area (Å²) < 4.78 is 3.01. The van der Waals surface area contributed by atoms with Crippen LogP contribution in [0.5, 0.6) is 0 Å². The van der Waals surface area contributed by atoms with Crippen LogP contribution in [0.3, 0.4) is 0 Å². The third-order valence-electron chi connectivity index (χ3n) is 3.65. The first kappa shape index (κ1) is 21.1. The summed E-state index contributed by atoms with van der Waals surface area (Å²) in [5.41, 5.74) is 3.02. The van der Waals surface area contributed by atoms with E-state index in [4.69, 9.17) is 12.2 Å². The van der Waals surface area contributed by atoms with Crippen molar-refractivity contribution in [1.29, 1.82) is 0 Å². The smallest absolute Gasteiger partial charge is 0.145 e. The van der Waals surface area contributed by atoms with Crippen LogP contribution < -0.4 is 0 Å². The zero-order valence-corrected chi connectivity index (χ0v) is 18.6. The largest absolute Gasteiger partial charge is 0.411 e. The maximum Gasteiger partial charge on any atom is 0.145 e. The van der Waals surface area contributed by atoms with Gasteiger partial charge in [-0.25, -0.2) is 0 Å². The molecule has 0 unspecified atom stereocenters. The Labute approximate surface area is 184 Å². The minimum atomic E-state index is 0.537. The van der Waals surface area contributed by atoms with Gasteiger partial charge in [-0.2, -0.15) is 0 Å². The molecule has 3 aromatic rings. The highest BCUT2D eigenvalue weighted by Gasteiger charge is 2.14. The van der Waals surface area contributed by atoms with Crippen molar-refractivity contribution in [3.8, 4) is 0 Å². The van der Waals surface area contributed by atoms with Crippen molar-refractivity contribution < 1.29 is 10.4 Å². The molecule has 3 rings (SSSR count). The lowest BCUT2D eigenvalue weighted by Crippen LogP contribution is -2.04. The van der Waals surface area contributed by atoms with Gasteiger partial charge in [0.1, 0.15) is 3.14 Å². The summed E-state index contributed by atoms with van der Waals surface area (Å²) in [7, 11) is 0. The van der Waals surface area contributed by atoms with E-state index in [-0.39, 0.29) is 0 Å². The highest BCUT2D eigenvalue weighted by Crippen LogP contribution is 2.41. The molecule has 0 saturated heterocycles. The molecule has 0 aliphatic heterocycles. The predicted molar refractivity (Wildman–Crippen MR) is 124 cm³/mol. The van der Waals surface area contributed by atoms with E-state index in [2.05, 4.69) is 10.3 Å². The molecule has 0 bridgehead atoms. The summed E-state index contributed by atoms with van der Waals surface area (Å²) in [4.78, 5) is 0. The van der Waals surface area contributed by atoms with Crippen molar-refractivity contribution in [2.24, 2.45) is 10.3 Å². The maximum absolute atomic E-state index is 9.38. The molecule has 28 heavy (non-hydrogen) atoms. The number of hydrogen-bond donors (Lipinski definition) is 2. The Morgan fingerprint density at radius 2 is 1.14 bits per heavy atom. The topological polar surface area (TPSA) is 65.2 Å². The molecule has 0 spiro atoms. The monoisotopic (exact) mass is 464 g/mol. The average molecular weight is 465 g/mol. The molecule has 2 aromatic carbocycles. The van der Waals surface area contributed by atoms with E-state index in [1.54, 1.807) is 46.2 Å². The minimum Gasteiger partial charge on any atom is -0.411 e. The molecule has 0 aliphatic carbocycles. The second-order valence-corrected chi connectivity index (χ2v) is 11.1. The Bertz CT molecular complexity index is 934. The van der Waals surface area contributed by atoms with Crippen LogP contribution in [-0.2, 0) is 0 Å². The van der Waals surface area contributed by atoms with Crippen LogP contribution in [0.4, 0.5) is 0 Å². The van der Waals surface area contributed by atoms with Crippen LogP contribution in [0.15, 0.2) is 79.4 Å². The summed E-state index contributed by atoms with van der Waals surface area (Å²) in [6.07, 6.45) is 0. The summed E-state index contributed by atoms with van der Waals surface area (Å²) >= 11 is 11.7. The lowest BCUT2D eigenvalue weighted by atomic mass is 10.1. The summed E-state index contributed by atoms with van der Waals surface area (Å²) in [6, 6.07) is 19.2. The highest BCUT2D eigenvalue weighted by molar-refractivity contribution is 8.05. The first-order chi connectivity index (χ1) is 13.7. The molecule has 1 heterocycles. The van der Waals surface area contributed by atoms with E-state index in [0.717, 1.165) is 22.7 Å². The standard InChI is InChI=1S/C19H16N2O2S5/c22-20-15(13-7-3-1-4-8-13)11-25-17-18(28-19(24)27-17)26-12-16(21-23)14-9-5-2-6-10-14/h1-10,22-23H,11-12H2/b20-15+,21-16+. The molecule has 2 N–H and O–H groups in total. The molecule has 0 saturated carbocycles. The van der Waals surface area contributed by atoms with Gasteiger partial charge < -0.3 is 10.4 Å². The zero-order chi connectivity index (χ0) is 19.8. The van der Waals surface area contributed by atoms with Crippen molar-refractivity contribution >= 4 is 69.8 Å². The third kappa shape index (κ3) is 5.68. The molecular formula is C19H16N2O2S5. The van der Waals surface area contributed by atoms with Gasteiger partial charge in [0.2, 0.25) is 0 Å². The lowest BCUT2D eigenvalue weighted by Gasteiger charge is -2.06. The number of rotatable bonds is 8. The Morgan fingerprint density at radius 3 is 1.50 bits per heavy atom. The highest BCUT2D eigenvalue weighted by atomic mass is 32.2. The zero-order valence-electron chi connectivity index (χ0n) is 14.5. The Morgan fingerprint density at radius 1 is 0.750 bits per heavy atom. The SMILES string of the molecule is O/N=C(\CSc1sc(=S)sc1SC/C(=N\O)c1ccccc1)c1ccccc1. The molecule has 0 aliphatic rings. The lowest BCUT2D eigenvalue weighted by molar-refractivity contribution is 0.319. The number of nitrogens with zero attached hydrogens (tertiary/aromatic N) is 2. The van der Waals surface area contributed by atoms with Crippen molar-refractivity contribution in [2.75, 3.05) is 11.5 Å². The van der Waals surface area contributed by atoms with Crippen LogP contribution >= 0.6 is 58.4 Å². The summed E-state index contributed by atoms with van der Waals surface area (Å²) in [6.45, 7) is 0. The van der Waals surface area contributed by atoms with Gasteiger partial charge in [0, 0.05) is 22.6 Å². The Hall–Kier alpha value is -1.65. The van der Waals surface area contributed by atoms with Crippen LogP contribution in [0, 0.1) is 3.14 Å². The Balaban J connectivity index is 1.69. The van der Waals surface area contributed by atoms with Gasteiger partial charge in [-0.15, -0.1) is 46.2 Å². The molecule has 0 amide bonds. The van der Waals surface area contributed by atoms with Crippen LogP contribution in [0.25, 0.3) is 0 Å². The van der Waals surface area contributed by atoms with E-state index in [0.29, 0.717) is 22.9 Å². The minimum absolute atomic E-state index is 0.537. The predicted octanol–water partition coefficient (Wildman–Crippen LogP) is 6.48. The number of benzene rings is 2.